The van der Waals surface area contributed by atoms with Crippen LogP contribution in [0.3, 0.4) is 0 Å². The summed E-state index contributed by atoms with van der Waals surface area (Å²) in [6, 6.07) is 7.55. The second-order valence-electron chi connectivity index (χ2n) is 4.32. The molecule has 104 valence electrons. The fourth-order valence-corrected chi connectivity index (χ4v) is 1.77. The zero-order valence-corrected chi connectivity index (χ0v) is 11.3. The van der Waals surface area contributed by atoms with Gasteiger partial charge in [0.2, 0.25) is 0 Å². The van der Waals surface area contributed by atoms with Crippen LogP contribution in [0, 0.1) is 0 Å². The van der Waals surface area contributed by atoms with E-state index in [4.69, 9.17) is 5.73 Å². The zero-order valence-electron chi connectivity index (χ0n) is 11.3. The Morgan fingerprint density at radius 3 is 2.90 bits per heavy atom. The number of nitrogens with two attached hydrogens (primary N) is 1. The Morgan fingerprint density at radius 1 is 1.40 bits per heavy atom. The molecule has 0 saturated carbocycles. The van der Waals surface area contributed by atoms with E-state index in [0.717, 1.165) is 5.56 Å². The molecule has 0 spiro atoms. The number of carbonyl (C=O) groups is 1. The number of rotatable bonds is 4. The topological polar surface area (TPSA) is 90.1 Å². The first-order chi connectivity index (χ1) is 9.60. The van der Waals surface area contributed by atoms with Crippen LogP contribution in [0.1, 0.15) is 29.0 Å². The molecule has 0 amide bonds. The smallest absolute Gasteiger partial charge is 0.358 e. The zero-order chi connectivity index (χ0) is 14.5. The molecule has 0 aliphatic rings. The minimum atomic E-state index is -0.516. The van der Waals surface area contributed by atoms with Crippen molar-refractivity contribution >= 4 is 17.5 Å². The van der Waals surface area contributed by atoms with Gasteiger partial charge in [-0.15, -0.1) is 0 Å². The standard InChI is InChI=1S/C14H16N4O2/c1-9(10-4-3-5-11(15)6-10)17-13-8-16-7-12(18-13)14(19)20-2/h3-9H,15H2,1-2H3,(H,17,18). The van der Waals surface area contributed by atoms with Crippen LogP contribution < -0.4 is 11.1 Å². The first-order valence-electron chi connectivity index (χ1n) is 6.12. The maximum Gasteiger partial charge on any atom is 0.358 e. The van der Waals surface area contributed by atoms with Crippen molar-refractivity contribution in [1.29, 1.82) is 0 Å². The van der Waals surface area contributed by atoms with Crippen molar-refractivity contribution in [3.8, 4) is 0 Å². The van der Waals surface area contributed by atoms with Crippen LogP contribution in [0.4, 0.5) is 11.5 Å². The van der Waals surface area contributed by atoms with Gasteiger partial charge in [0.15, 0.2) is 5.69 Å². The lowest BCUT2D eigenvalue weighted by molar-refractivity contribution is 0.0593. The van der Waals surface area contributed by atoms with E-state index in [2.05, 4.69) is 20.0 Å². The van der Waals surface area contributed by atoms with E-state index in [1.807, 2.05) is 31.2 Å². The molecule has 0 radical (unpaired) electrons. The number of ether oxygens (including phenoxy) is 1. The van der Waals surface area contributed by atoms with Crippen molar-refractivity contribution < 1.29 is 9.53 Å². The van der Waals surface area contributed by atoms with Gasteiger partial charge in [-0.05, 0) is 24.6 Å². The molecule has 2 rings (SSSR count). The fraction of sp³-hybridized carbons (Fsp3) is 0.214. The van der Waals surface area contributed by atoms with Gasteiger partial charge in [0.1, 0.15) is 5.82 Å². The first-order valence-corrected chi connectivity index (χ1v) is 6.12. The molecular weight excluding hydrogens is 256 g/mol. The SMILES string of the molecule is COC(=O)c1cncc(NC(C)c2cccc(N)c2)n1. The number of aromatic nitrogens is 2. The van der Waals surface area contributed by atoms with Crippen LogP contribution in [-0.2, 0) is 4.74 Å². The Bertz CT molecular complexity index is 616. The number of hydrogen-bond acceptors (Lipinski definition) is 6. The third-order valence-corrected chi connectivity index (χ3v) is 2.80. The third-order valence-electron chi connectivity index (χ3n) is 2.80. The number of carbonyl (C=O) groups excluding carboxylic acids is 1. The van der Waals surface area contributed by atoms with Crippen molar-refractivity contribution in [2.75, 3.05) is 18.2 Å². The van der Waals surface area contributed by atoms with Gasteiger partial charge >= 0.3 is 5.97 Å². The fourth-order valence-electron chi connectivity index (χ4n) is 1.77. The number of nitrogen functional groups attached to an aromatic ring is 1. The van der Waals surface area contributed by atoms with Crippen molar-refractivity contribution in [2.45, 2.75) is 13.0 Å². The molecule has 1 aromatic carbocycles. The molecular formula is C14H16N4O2. The second-order valence-corrected chi connectivity index (χ2v) is 4.32. The molecule has 3 N–H and O–H groups in total. The summed E-state index contributed by atoms with van der Waals surface area (Å²) >= 11 is 0. The lowest BCUT2D eigenvalue weighted by Crippen LogP contribution is -2.11. The van der Waals surface area contributed by atoms with E-state index in [1.165, 1.54) is 13.3 Å². The summed E-state index contributed by atoms with van der Waals surface area (Å²) in [5, 5.41) is 3.17. The Labute approximate surface area is 117 Å². The van der Waals surface area contributed by atoms with Crippen molar-refractivity contribution in [3.63, 3.8) is 0 Å². The quantitative estimate of drug-likeness (QED) is 0.653. The van der Waals surface area contributed by atoms with E-state index < -0.39 is 5.97 Å². The number of hydrogen-bond donors (Lipinski definition) is 2. The lowest BCUT2D eigenvalue weighted by Gasteiger charge is -2.15. The average Bonchev–Trinajstić information content (AvgIpc) is 2.46. The average molecular weight is 272 g/mol. The molecule has 0 aliphatic heterocycles. The number of methoxy groups -OCH3 is 1. The van der Waals surface area contributed by atoms with Crippen molar-refractivity contribution in [2.24, 2.45) is 0 Å². The molecule has 1 heterocycles. The molecule has 20 heavy (non-hydrogen) atoms. The summed E-state index contributed by atoms with van der Waals surface area (Å²) in [5.41, 5.74) is 7.64. The van der Waals surface area contributed by atoms with Crippen LogP contribution in [0.15, 0.2) is 36.7 Å². The van der Waals surface area contributed by atoms with E-state index in [1.54, 1.807) is 6.20 Å². The maximum absolute atomic E-state index is 11.4. The highest BCUT2D eigenvalue weighted by Gasteiger charge is 2.11. The molecule has 1 unspecified atom stereocenters. The molecule has 2 aromatic rings. The molecule has 0 fully saturated rings. The molecule has 0 saturated heterocycles. The summed E-state index contributed by atoms with van der Waals surface area (Å²) in [7, 11) is 1.31. The number of benzene rings is 1. The largest absolute Gasteiger partial charge is 0.464 e. The van der Waals surface area contributed by atoms with E-state index in [-0.39, 0.29) is 11.7 Å². The molecule has 6 nitrogen and oxygen atoms in total. The lowest BCUT2D eigenvalue weighted by atomic mass is 10.1. The van der Waals surface area contributed by atoms with Crippen LogP contribution in [0.25, 0.3) is 0 Å². The second kappa shape index (κ2) is 6.01. The Morgan fingerprint density at radius 2 is 2.20 bits per heavy atom. The van der Waals surface area contributed by atoms with Gasteiger partial charge in [0.25, 0.3) is 0 Å². The number of nitrogens with one attached hydrogen (secondary N) is 1. The summed E-state index contributed by atoms with van der Waals surface area (Å²) in [5.74, 6) is -0.0133. The van der Waals surface area contributed by atoms with Crippen LogP contribution in [0.5, 0.6) is 0 Å². The molecule has 0 aliphatic carbocycles. The molecule has 0 bridgehead atoms. The third kappa shape index (κ3) is 3.23. The molecule has 6 heteroatoms. The summed E-state index contributed by atoms with van der Waals surface area (Å²) in [4.78, 5) is 19.5. The van der Waals surface area contributed by atoms with Crippen LogP contribution >= 0.6 is 0 Å². The van der Waals surface area contributed by atoms with E-state index >= 15 is 0 Å². The minimum absolute atomic E-state index is 0.0132. The summed E-state index contributed by atoms with van der Waals surface area (Å²) in [6.07, 6.45) is 2.91. The highest BCUT2D eigenvalue weighted by atomic mass is 16.5. The normalized spacial score (nSPS) is 11.7. The number of nitrogens with zero attached hydrogens (tertiary/aromatic N) is 2. The van der Waals surface area contributed by atoms with Gasteiger partial charge in [-0.2, -0.15) is 0 Å². The van der Waals surface area contributed by atoms with Gasteiger partial charge in [0.05, 0.1) is 25.5 Å². The van der Waals surface area contributed by atoms with Gasteiger partial charge in [0, 0.05) is 5.69 Å². The van der Waals surface area contributed by atoms with Gasteiger partial charge < -0.3 is 15.8 Å². The Kier molecular flexibility index (Phi) is 4.14. The van der Waals surface area contributed by atoms with E-state index in [0.29, 0.717) is 11.5 Å². The van der Waals surface area contributed by atoms with Gasteiger partial charge in [-0.25, -0.2) is 9.78 Å². The summed E-state index contributed by atoms with van der Waals surface area (Å²) in [6.45, 7) is 1.97. The van der Waals surface area contributed by atoms with Gasteiger partial charge in [-0.3, -0.25) is 4.98 Å². The van der Waals surface area contributed by atoms with Crippen molar-refractivity contribution in [3.05, 3.63) is 47.9 Å². The van der Waals surface area contributed by atoms with Crippen LogP contribution in [-0.4, -0.2) is 23.0 Å². The van der Waals surface area contributed by atoms with Crippen molar-refractivity contribution in [1.82, 2.24) is 9.97 Å². The summed E-state index contributed by atoms with van der Waals surface area (Å²) < 4.78 is 4.61. The highest BCUT2D eigenvalue weighted by Crippen LogP contribution is 2.19. The molecule has 1 atom stereocenters. The maximum atomic E-state index is 11.4. The van der Waals surface area contributed by atoms with Gasteiger partial charge in [-0.1, -0.05) is 12.1 Å². The Balaban J connectivity index is 2.15. The monoisotopic (exact) mass is 272 g/mol. The van der Waals surface area contributed by atoms with E-state index in [9.17, 15) is 4.79 Å². The Hall–Kier alpha value is -2.63. The first kappa shape index (κ1) is 13.8. The molecule has 1 aromatic heterocycles. The predicted molar refractivity (Wildman–Crippen MR) is 76.3 cm³/mol. The highest BCUT2D eigenvalue weighted by molar-refractivity contribution is 5.87. The predicted octanol–water partition coefficient (Wildman–Crippen LogP) is 2.02. The number of esters is 1. The number of anilines is 2. The van der Waals surface area contributed by atoms with Crippen LogP contribution in [0.2, 0.25) is 0 Å². The minimum Gasteiger partial charge on any atom is -0.464 e.